The first kappa shape index (κ1) is 18.5. The summed E-state index contributed by atoms with van der Waals surface area (Å²) in [4.78, 5) is 27.2. The number of nitrogens with zero attached hydrogens (tertiary/aromatic N) is 1. The fourth-order valence-electron chi connectivity index (χ4n) is 3.05. The SMILES string of the molecule is CC(C)N(Cc1ccccc1)C(=O)C1CC1C(=O)Nc1ccccc1Cl. The highest BCUT2D eigenvalue weighted by Crippen LogP contribution is 2.41. The zero-order valence-electron chi connectivity index (χ0n) is 15.0. The monoisotopic (exact) mass is 370 g/mol. The summed E-state index contributed by atoms with van der Waals surface area (Å²) in [7, 11) is 0. The highest BCUT2D eigenvalue weighted by atomic mass is 35.5. The van der Waals surface area contributed by atoms with Crippen LogP contribution in [0.5, 0.6) is 0 Å². The Balaban J connectivity index is 1.63. The van der Waals surface area contributed by atoms with E-state index in [9.17, 15) is 9.59 Å². The number of benzene rings is 2. The first-order chi connectivity index (χ1) is 12.5. The molecular weight excluding hydrogens is 348 g/mol. The largest absolute Gasteiger partial charge is 0.336 e. The number of halogens is 1. The first-order valence-electron chi connectivity index (χ1n) is 8.87. The molecule has 1 N–H and O–H groups in total. The second-order valence-electron chi connectivity index (χ2n) is 6.96. The van der Waals surface area contributed by atoms with Gasteiger partial charge < -0.3 is 10.2 Å². The molecule has 0 radical (unpaired) electrons. The van der Waals surface area contributed by atoms with E-state index in [2.05, 4.69) is 5.32 Å². The van der Waals surface area contributed by atoms with Crippen LogP contribution in [0.15, 0.2) is 54.6 Å². The standard InChI is InChI=1S/C21H23ClN2O2/c1-14(2)24(13-15-8-4-3-5-9-15)21(26)17-12-16(17)20(25)23-19-11-7-6-10-18(19)22/h3-11,14,16-17H,12-13H2,1-2H3,(H,23,25). The van der Waals surface area contributed by atoms with Crippen LogP contribution in [0.3, 0.4) is 0 Å². The fourth-order valence-corrected chi connectivity index (χ4v) is 3.24. The van der Waals surface area contributed by atoms with Gasteiger partial charge in [0, 0.05) is 12.6 Å². The van der Waals surface area contributed by atoms with Crippen LogP contribution in [0.4, 0.5) is 5.69 Å². The second-order valence-corrected chi connectivity index (χ2v) is 7.37. The number of nitrogens with one attached hydrogen (secondary N) is 1. The van der Waals surface area contributed by atoms with Crippen molar-refractivity contribution in [2.75, 3.05) is 5.32 Å². The summed E-state index contributed by atoms with van der Waals surface area (Å²) >= 11 is 6.08. The summed E-state index contributed by atoms with van der Waals surface area (Å²) in [5.74, 6) is -0.623. The van der Waals surface area contributed by atoms with Crippen molar-refractivity contribution >= 4 is 29.1 Å². The molecule has 1 aliphatic rings. The smallest absolute Gasteiger partial charge is 0.228 e. The Morgan fingerprint density at radius 1 is 1.08 bits per heavy atom. The van der Waals surface area contributed by atoms with Crippen LogP contribution in [0, 0.1) is 11.8 Å². The van der Waals surface area contributed by atoms with E-state index in [1.807, 2.05) is 61.2 Å². The maximum atomic E-state index is 12.9. The Morgan fingerprint density at radius 2 is 1.73 bits per heavy atom. The second kappa shape index (κ2) is 7.92. The molecule has 0 bridgehead atoms. The van der Waals surface area contributed by atoms with E-state index in [0.29, 0.717) is 23.7 Å². The van der Waals surface area contributed by atoms with Crippen LogP contribution in [0.1, 0.15) is 25.8 Å². The van der Waals surface area contributed by atoms with Crippen molar-refractivity contribution in [3.8, 4) is 0 Å². The fraction of sp³-hybridized carbons (Fsp3) is 0.333. The topological polar surface area (TPSA) is 49.4 Å². The van der Waals surface area contributed by atoms with Crippen molar-refractivity contribution in [2.24, 2.45) is 11.8 Å². The van der Waals surface area contributed by atoms with E-state index in [0.717, 1.165) is 5.56 Å². The van der Waals surface area contributed by atoms with Crippen molar-refractivity contribution in [1.82, 2.24) is 4.90 Å². The van der Waals surface area contributed by atoms with Crippen LogP contribution < -0.4 is 5.32 Å². The van der Waals surface area contributed by atoms with E-state index in [1.54, 1.807) is 12.1 Å². The molecule has 0 heterocycles. The molecule has 2 aromatic carbocycles. The van der Waals surface area contributed by atoms with Crippen molar-refractivity contribution < 1.29 is 9.59 Å². The highest BCUT2D eigenvalue weighted by Gasteiger charge is 2.49. The van der Waals surface area contributed by atoms with E-state index in [1.165, 1.54) is 0 Å². The highest BCUT2D eigenvalue weighted by molar-refractivity contribution is 6.33. The van der Waals surface area contributed by atoms with Crippen LogP contribution in [0.2, 0.25) is 5.02 Å². The molecular formula is C21H23ClN2O2. The van der Waals surface area contributed by atoms with E-state index in [-0.39, 0.29) is 29.7 Å². The van der Waals surface area contributed by atoms with E-state index >= 15 is 0 Å². The molecule has 26 heavy (non-hydrogen) atoms. The van der Waals surface area contributed by atoms with Gasteiger partial charge >= 0.3 is 0 Å². The minimum absolute atomic E-state index is 0.0446. The number of hydrogen-bond donors (Lipinski definition) is 1. The van der Waals surface area contributed by atoms with Gasteiger partial charge in [0.15, 0.2) is 0 Å². The predicted octanol–water partition coefficient (Wildman–Crippen LogP) is 4.35. The normalized spacial score (nSPS) is 18.5. The van der Waals surface area contributed by atoms with Gasteiger partial charge in [-0.3, -0.25) is 9.59 Å². The number of para-hydroxylation sites is 1. The Labute approximate surface area is 159 Å². The number of carbonyl (C=O) groups is 2. The summed E-state index contributed by atoms with van der Waals surface area (Å²) in [5, 5.41) is 3.33. The molecule has 5 heteroatoms. The molecule has 2 atom stereocenters. The van der Waals surface area contributed by atoms with Gasteiger partial charge in [0.1, 0.15) is 0 Å². The lowest BCUT2D eigenvalue weighted by molar-refractivity contribution is -0.136. The summed E-state index contributed by atoms with van der Waals surface area (Å²) in [6.07, 6.45) is 0.590. The minimum atomic E-state index is -0.282. The molecule has 1 aliphatic carbocycles. The van der Waals surface area contributed by atoms with Gasteiger partial charge in [-0.25, -0.2) is 0 Å². The maximum Gasteiger partial charge on any atom is 0.228 e. The molecule has 0 aromatic heterocycles. The Bertz CT molecular complexity index is 792. The third-order valence-electron chi connectivity index (χ3n) is 4.68. The third-order valence-corrected chi connectivity index (χ3v) is 5.01. The minimum Gasteiger partial charge on any atom is -0.336 e. The van der Waals surface area contributed by atoms with Crippen molar-refractivity contribution in [3.63, 3.8) is 0 Å². The number of rotatable bonds is 6. The van der Waals surface area contributed by atoms with Crippen LogP contribution >= 0.6 is 11.6 Å². The van der Waals surface area contributed by atoms with Crippen molar-refractivity contribution in [2.45, 2.75) is 32.9 Å². The molecule has 2 aromatic rings. The molecule has 1 saturated carbocycles. The van der Waals surface area contributed by atoms with Crippen molar-refractivity contribution in [3.05, 3.63) is 65.2 Å². The van der Waals surface area contributed by atoms with Crippen LogP contribution in [-0.4, -0.2) is 22.8 Å². The summed E-state index contributed by atoms with van der Waals surface area (Å²) < 4.78 is 0. The summed E-state index contributed by atoms with van der Waals surface area (Å²) in [6.45, 7) is 4.57. The Kier molecular flexibility index (Phi) is 5.62. The molecule has 1 fully saturated rings. The average molecular weight is 371 g/mol. The number of amides is 2. The molecule has 2 unspecified atom stereocenters. The van der Waals surface area contributed by atoms with Gasteiger partial charge in [-0.05, 0) is 38.0 Å². The third kappa shape index (κ3) is 4.25. The number of carbonyl (C=O) groups excluding carboxylic acids is 2. The maximum absolute atomic E-state index is 12.9. The van der Waals surface area contributed by atoms with Gasteiger partial charge in [-0.1, -0.05) is 54.1 Å². The average Bonchev–Trinajstić information content (AvgIpc) is 3.42. The lowest BCUT2D eigenvalue weighted by Crippen LogP contribution is -2.38. The van der Waals surface area contributed by atoms with Crippen molar-refractivity contribution in [1.29, 1.82) is 0 Å². The molecule has 3 rings (SSSR count). The lowest BCUT2D eigenvalue weighted by Gasteiger charge is -2.27. The van der Waals surface area contributed by atoms with Crippen LogP contribution in [0.25, 0.3) is 0 Å². The Morgan fingerprint density at radius 3 is 2.38 bits per heavy atom. The van der Waals surface area contributed by atoms with Gasteiger partial charge in [-0.2, -0.15) is 0 Å². The van der Waals surface area contributed by atoms with Gasteiger partial charge in [-0.15, -0.1) is 0 Å². The lowest BCUT2D eigenvalue weighted by atomic mass is 10.1. The number of anilines is 1. The summed E-state index contributed by atoms with van der Waals surface area (Å²) in [6, 6.07) is 17.1. The van der Waals surface area contributed by atoms with Gasteiger partial charge in [0.05, 0.1) is 22.5 Å². The molecule has 4 nitrogen and oxygen atoms in total. The van der Waals surface area contributed by atoms with Gasteiger partial charge in [0.2, 0.25) is 11.8 Å². The molecule has 0 aliphatic heterocycles. The molecule has 0 spiro atoms. The van der Waals surface area contributed by atoms with Gasteiger partial charge in [0.25, 0.3) is 0 Å². The predicted molar refractivity (Wildman–Crippen MR) is 104 cm³/mol. The molecule has 2 amide bonds. The molecule has 136 valence electrons. The number of hydrogen-bond acceptors (Lipinski definition) is 2. The van der Waals surface area contributed by atoms with E-state index < -0.39 is 0 Å². The zero-order chi connectivity index (χ0) is 18.7. The molecule has 0 saturated heterocycles. The van der Waals surface area contributed by atoms with E-state index in [4.69, 9.17) is 11.6 Å². The Hall–Kier alpha value is -2.33. The quantitative estimate of drug-likeness (QED) is 0.821. The summed E-state index contributed by atoms with van der Waals surface area (Å²) in [5.41, 5.74) is 1.68. The zero-order valence-corrected chi connectivity index (χ0v) is 15.7. The van der Waals surface area contributed by atoms with Crippen LogP contribution in [-0.2, 0) is 16.1 Å². The first-order valence-corrected chi connectivity index (χ1v) is 9.25.